The number of carbonyl (C=O) groups is 3. The van der Waals surface area contributed by atoms with Crippen LogP contribution in [0.5, 0.6) is 0 Å². The minimum absolute atomic E-state index is 0.172. The number of nitrogens with zero attached hydrogens (tertiary/aromatic N) is 4. The first-order valence-electron chi connectivity index (χ1n) is 10.9. The van der Waals surface area contributed by atoms with Gasteiger partial charge in [0.15, 0.2) is 5.92 Å². The summed E-state index contributed by atoms with van der Waals surface area (Å²) in [5.74, 6) is -6.15. The van der Waals surface area contributed by atoms with Gasteiger partial charge in [-0.25, -0.2) is 0 Å². The molecule has 16 heteroatoms. The summed E-state index contributed by atoms with van der Waals surface area (Å²) in [6, 6.07) is 11.9. The van der Waals surface area contributed by atoms with E-state index < -0.39 is 67.9 Å². The van der Waals surface area contributed by atoms with Crippen LogP contribution in [0.1, 0.15) is 11.1 Å². The smallest absolute Gasteiger partial charge is 0.318 e. The predicted octanol–water partition coefficient (Wildman–Crippen LogP) is 4.75. The number of hydrogen-bond acceptors (Lipinski definition) is 8. The third-order valence-electron chi connectivity index (χ3n) is 5.63. The zero-order valence-corrected chi connectivity index (χ0v) is 20.3. The van der Waals surface area contributed by atoms with E-state index in [0.717, 1.165) is 18.2 Å². The van der Waals surface area contributed by atoms with E-state index in [9.17, 15) is 47.8 Å². The van der Waals surface area contributed by atoms with Gasteiger partial charge < -0.3 is 5.32 Å². The molecule has 0 saturated heterocycles. The summed E-state index contributed by atoms with van der Waals surface area (Å²) in [5, 5.41) is 28.9. The number of hydrogen-bond donors (Lipinski definition) is 1. The number of nitro groups is 2. The van der Waals surface area contributed by atoms with Crippen molar-refractivity contribution in [3.8, 4) is 0 Å². The maximum absolute atomic E-state index is 13.4. The van der Waals surface area contributed by atoms with Crippen molar-refractivity contribution >= 4 is 57.7 Å². The van der Waals surface area contributed by atoms with E-state index in [1.807, 2.05) is 5.32 Å². The number of carbonyl (C=O) groups excluding carboxylic acids is 3. The SMILES string of the molecule is O=C(Nc1cc(C(F)(F)F)ccc1Cl)C(=O)C1C(=O)N(c2ccc([N+](=O)[O-])cc2[N+](=O)[O-])N=C1c1ccccc1. The van der Waals surface area contributed by atoms with Gasteiger partial charge in [-0.2, -0.15) is 23.3 Å². The van der Waals surface area contributed by atoms with Gasteiger partial charge in [-0.1, -0.05) is 41.9 Å². The molecule has 0 radical (unpaired) electrons. The molecule has 4 rings (SSSR count). The van der Waals surface area contributed by atoms with Crippen molar-refractivity contribution in [2.75, 3.05) is 10.3 Å². The Kier molecular flexibility index (Phi) is 7.33. The van der Waals surface area contributed by atoms with Gasteiger partial charge in [0.2, 0.25) is 5.78 Å². The molecule has 0 aliphatic carbocycles. The number of nitrogens with one attached hydrogen (secondary N) is 1. The van der Waals surface area contributed by atoms with Gasteiger partial charge in [-0.05, 0) is 29.8 Å². The second-order valence-corrected chi connectivity index (χ2v) is 8.54. The lowest BCUT2D eigenvalue weighted by Gasteiger charge is -2.15. The summed E-state index contributed by atoms with van der Waals surface area (Å²) in [6.07, 6.45) is -4.79. The van der Waals surface area contributed by atoms with E-state index in [4.69, 9.17) is 11.6 Å². The van der Waals surface area contributed by atoms with Crippen LogP contribution < -0.4 is 10.3 Å². The number of halogens is 4. The van der Waals surface area contributed by atoms with Crippen LogP contribution in [-0.2, 0) is 20.6 Å². The van der Waals surface area contributed by atoms with Gasteiger partial charge in [0, 0.05) is 6.07 Å². The van der Waals surface area contributed by atoms with Crippen LogP contribution in [0.3, 0.4) is 0 Å². The molecule has 204 valence electrons. The number of rotatable bonds is 7. The molecular weight excluding hydrogens is 563 g/mol. The largest absolute Gasteiger partial charge is 0.416 e. The van der Waals surface area contributed by atoms with Crippen molar-refractivity contribution in [2.45, 2.75) is 6.18 Å². The molecule has 1 N–H and O–H groups in total. The average molecular weight is 576 g/mol. The number of anilines is 2. The van der Waals surface area contributed by atoms with Crippen LogP contribution >= 0.6 is 11.6 Å². The Bertz CT molecular complexity index is 1610. The monoisotopic (exact) mass is 575 g/mol. The molecule has 0 spiro atoms. The topological polar surface area (TPSA) is 165 Å². The fourth-order valence-electron chi connectivity index (χ4n) is 3.76. The molecule has 3 aromatic carbocycles. The highest BCUT2D eigenvalue weighted by Gasteiger charge is 2.46. The zero-order valence-electron chi connectivity index (χ0n) is 19.6. The van der Waals surface area contributed by atoms with Gasteiger partial charge in [0.05, 0.1) is 37.9 Å². The lowest BCUT2D eigenvalue weighted by molar-refractivity contribution is -0.393. The molecule has 12 nitrogen and oxygen atoms in total. The van der Waals surface area contributed by atoms with Crippen LogP contribution in [-0.4, -0.2) is 33.2 Å². The molecule has 0 bridgehead atoms. The molecule has 0 saturated carbocycles. The van der Waals surface area contributed by atoms with Crippen LogP contribution in [0.15, 0.2) is 71.8 Å². The normalized spacial score (nSPS) is 15.0. The summed E-state index contributed by atoms with van der Waals surface area (Å²) >= 11 is 5.89. The Morgan fingerprint density at radius 1 is 0.975 bits per heavy atom. The molecule has 2 amide bonds. The summed E-state index contributed by atoms with van der Waals surface area (Å²) in [6.45, 7) is 0. The Hall–Kier alpha value is -5.18. The third-order valence-corrected chi connectivity index (χ3v) is 5.96. The number of benzene rings is 3. The molecule has 0 aromatic heterocycles. The van der Waals surface area contributed by atoms with E-state index in [1.54, 1.807) is 6.07 Å². The number of amides is 2. The predicted molar refractivity (Wildman–Crippen MR) is 134 cm³/mol. The molecular formula is C24H13ClF3N5O7. The van der Waals surface area contributed by atoms with Crippen LogP contribution in [0.4, 0.5) is 35.9 Å². The molecule has 1 heterocycles. The fourth-order valence-corrected chi connectivity index (χ4v) is 3.92. The highest BCUT2D eigenvalue weighted by atomic mass is 35.5. The zero-order chi connectivity index (χ0) is 29.4. The Balaban J connectivity index is 1.75. The maximum atomic E-state index is 13.4. The second kappa shape index (κ2) is 10.5. The van der Waals surface area contributed by atoms with Crippen molar-refractivity contribution in [3.63, 3.8) is 0 Å². The van der Waals surface area contributed by atoms with Gasteiger partial charge in [0.1, 0.15) is 5.69 Å². The van der Waals surface area contributed by atoms with E-state index in [-0.39, 0.29) is 16.3 Å². The maximum Gasteiger partial charge on any atom is 0.416 e. The molecule has 1 unspecified atom stereocenters. The third kappa shape index (κ3) is 5.35. The number of alkyl halides is 3. The number of non-ortho nitro benzene ring substituents is 1. The number of nitro benzene ring substituents is 2. The van der Waals surface area contributed by atoms with Gasteiger partial charge in [-0.3, -0.25) is 34.6 Å². The first-order chi connectivity index (χ1) is 18.8. The standard InChI is InChI=1S/C24H13ClF3N5O7/c25-15-8-6-13(24(26,27)28)10-16(15)29-22(35)21(34)19-20(12-4-2-1-3-5-12)30-31(23(19)36)17-9-7-14(32(37)38)11-18(17)33(39)40/h1-11,19H,(H,29,35). The van der Waals surface area contributed by atoms with Crippen LogP contribution in [0, 0.1) is 26.1 Å². The minimum atomic E-state index is -4.79. The fraction of sp³-hybridized carbons (Fsp3) is 0.0833. The van der Waals surface area contributed by atoms with E-state index in [0.29, 0.717) is 23.2 Å². The lowest BCUT2D eigenvalue weighted by Crippen LogP contribution is -2.40. The first-order valence-corrected chi connectivity index (χ1v) is 11.3. The van der Waals surface area contributed by atoms with E-state index in [1.165, 1.54) is 24.3 Å². The number of ketones is 1. The lowest BCUT2D eigenvalue weighted by atomic mass is 9.92. The van der Waals surface area contributed by atoms with Crippen molar-refractivity contribution < 1.29 is 37.4 Å². The molecule has 1 aliphatic heterocycles. The van der Waals surface area contributed by atoms with Gasteiger partial charge >= 0.3 is 11.9 Å². The number of Topliss-reactive ketones (excluding diaryl/α,β-unsaturated/α-hetero) is 1. The summed E-state index contributed by atoms with van der Waals surface area (Å²) in [7, 11) is 0. The Morgan fingerprint density at radius 2 is 1.65 bits per heavy atom. The highest BCUT2D eigenvalue weighted by Crippen LogP contribution is 2.37. The van der Waals surface area contributed by atoms with Crippen LogP contribution in [0.2, 0.25) is 5.02 Å². The quantitative estimate of drug-likeness (QED) is 0.184. The van der Waals surface area contributed by atoms with E-state index in [2.05, 4.69) is 5.10 Å². The van der Waals surface area contributed by atoms with Crippen molar-refractivity contribution in [1.29, 1.82) is 0 Å². The van der Waals surface area contributed by atoms with Crippen molar-refractivity contribution in [2.24, 2.45) is 11.0 Å². The van der Waals surface area contributed by atoms with Crippen molar-refractivity contribution in [1.82, 2.24) is 0 Å². The summed E-state index contributed by atoms with van der Waals surface area (Å²) in [5.41, 5.74) is -3.90. The molecule has 0 fully saturated rings. The molecule has 40 heavy (non-hydrogen) atoms. The second-order valence-electron chi connectivity index (χ2n) is 8.13. The molecule has 1 aliphatic rings. The highest BCUT2D eigenvalue weighted by molar-refractivity contribution is 6.52. The van der Waals surface area contributed by atoms with Gasteiger partial charge in [-0.15, -0.1) is 0 Å². The van der Waals surface area contributed by atoms with Gasteiger partial charge in [0.25, 0.3) is 17.5 Å². The van der Waals surface area contributed by atoms with Crippen LogP contribution in [0.25, 0.3) is 0 Å². The number of hydrazone groups is 1. The minimum Gasteiger partial charge on any atom is -0.318 e. The summed E-state index contributed by atoms with van der Waals surface area (Å²) < 4.78 is 39.4. The Morgan fingerprint density at radius 3 is 2.25 bits per heavy atom. The molecule has 1 atom stereocenters. The molecule has 3 aromatic rings. The summed E-state index contributed by atoms with van der Waals surface area (Å²) in [4.78, 5) is 60.4. The Labute approximate surface area is 225 Å². The first kappa shape index (κ1) is 27.8. The average Bonchev–Trinajstić information content (AvgIpc) is 3.25. The van der Waals surface area contributed by atoms with Crippen molar-refractivity contribution in [3.05, 3.63) is 103 Å². The van der Waals surface area contributed by atoms with E-state index >= 15 is 0 Å².